The van der Waals surface area contributed by atoms with Gasteiger partial charge in [0.15, 0.2) is 0 Å². The maximum Gasteiger partial charge on any atom is 0.127 e. The average Bonchev–Trinajstić information content (AvgIpc) is 2.72. The lowest BCUT2D eigenvalue weighted by atomic mass is 10.1. The van der Waals surface area contributed by atoms with E-state index < -0.39 is 0 Å². The van der Waals surface area contributed by atoms with Crippen molar-refractivity contribution in [2.75, 3.05) is 13.2 Å². The maximum atomic E-state index is 5.64. The first-order valence-corrected chi connectivity index (χ1v) is 6.19. The van der Waals surface area contributed by atoms with Gasteiger partial charge in [0.05, 0.1) is 6.61 Å². The second kappa shape index (κ2) is 5.38. The van der Waals surface area contributed by atoms with Crippen molar-refractivity contribution in [3.63, 3.8) is 0 Å². The number of fused-ring (bicyclic) bond motifs is 1. The van der Waals surface area contributed by atoms with Gasteiger partial charge in [-0.2, -0.15) is 0 Å². The van der Waals surface area contributed by atoms with Crippen LogP contribution in [0.1, 0.15) is 17.5 Å². The van der Waals surface area contributed by atoms with E-state index in [0.29, 0.717) is 0 Å². The summed E-state index contributed by atoms with van der Waals surface area (Å²) in [6.07, 6.45) is 6.97. The second-order valence-corrected chi connectivity index (χ2v) is 4.70. The smallest absolute Gasteiger partial charge is 0.127 e. The first kappa shape index (κ1) is 11.5. The topological polar surface area (TPSA) is 21.3 Å². The Balaban J connectivity index is 2.06. The Morgan fingerprint density at radius 1 is 1.50 bits per heavy atom. The number of ether oxygens (including phenoxy) is 1. The van der Waals surface area contributed by atoms with E-state index in [1.165, 1.54) is 11.1 Å². The van der Waals surface area contributed by atoms with Crippen LogP contribution in [-0.2, 0) is 13.0 Å². The molecule has 1 aromatic carbocycles. The van der Waals surface area contributed by atoms with E-state index in [4.69, 9.17) is 11.2 Å². The molecule has 1 N–H and O–H groups in total. The highest BCUT2D eigenvalue weighted by molar-refractivity contribution is 9.10. The van der Waals surface area contributed by atoms with Crippen molar-refractivity contribution in [3.05, 3.63) is 27.7 Å². The van der Waals surface area contributed by atoms with E-state index in [0.717, 1.165) is 42.8 Å². The highest BCUT2D eigenvalue weighted by Gasteiger charge is 2.16. The summed E-state index contributed by atoms with van der Waals surface area (Å²) in [6, 6.07) is 4.24. The van der Waals surface area contributed by atoms with Gasteiger partial charge in [0, 0.05) is 36.0 Å². The summed E-state index contributed by atoms with van der Waals surface area (Å²) in [7, 11) is 0. The van der Waals surface area contributed by atoms with Crippen molar-refractivity contribution >= 4 is 15.9 Å². The standard InChI is InChI=1S/C13H14BrNO/c1-2-3-5-15-9-11-8-12(14)7-10-4-6-16-13(10)11/h1,7-8,15H,3-6,9H2. The van der Waals surface area contributed by atoms with Crippen LogP contribution in [0.15, 0.2) is 16.6 Å². The van der Waals surface area contributed by atoms with Gasteiger partial charge in [0.25, 0.3) is 0 Å². The van der Waals surface area contributed by atoms with Crippen LogP contribution in [0.3, 0.4) is 0 Å². The summed E-state index contributed by atoms with van der Waals surface area (Å²) in [5.41, 5.74) is 2.50. The summed E-state index contributed by atoms with van der Waals surface area (Å²) in [6.45, 7) is 2.45. The lowest BCUT2D eigenvalue weighted by molar-refractivity contribution is 0.352. The normalized spacial score (nSPS) is 13.0. The van der Waals surface area contributed by atoms with E-state index >= 15 is 0 Å². The molecule has 0 amide bonds. The van der Waals surface area contributed by atoms with Crippen molar-refractivity contribution in [2.24, 2.45) is 0 Å². The fraction of sp³-hybridized carbons (Fsp3) is 0.385. The summed E-state index contributed by atoms with van der Waals surface area (Å²) in [5, 5.41) is 3.32. The molecular formula is C13H14BrNO. The molecule has 84 valence electrons. The van der Waals surface area contributed by atoms with E-state index in [9.17, 15) is 0 Å². The molecule has 0 atom stereocenters. The minimum atomic E-state index is 0.761. The van der Waals surface area contributed by atoms with Crippen LogP contribution in [0.2, 0.25) is 0 Å². The zero-order valence-electron chi connectivity index (χ0n) is 9.05. The van der Waals surface area contributed by atoms with E-state index in [1.807, 2.05) is 0 Å². The molecule has 1 aromatic rings. The molecule has 0 fully saturated rings. The van der Waals surface area contributed by atoms with Gasteiger partial charge in [-0.15, -0.1) is 12.3 Å². The molecular weight excluding hydrogens is 266 g/mol. The molecule has 1 heterocycles. The predicted molar refractivity (Wildman–Crippen MR) is 68.5 cm³/mol. The number of terminal acetylenes is 1. The molecule has 0 unspecified atom stereocenters. The van der Waals surface area contributed by atoms with Gasteiger partial charge in [-0.3, -0.25) is 0 Å². The fourth-order valence-electron chi connectivity index (χ4n) is 1.86. The quantitative estimate of drug-likeness (QED) is 0.676. The lowest BCUT2D eigenvalue weighted by Crippen LogP contribution is -2.14. The Hall–Kier alpha value is -0.980. The van der Waals surface area contributed by atoms with Gasteiger partial charge in [-0.05, 0) is 17.7 Å². The molecule has 1 aliphatic heterocycles. The summed E-state index contributed by atoms with van der Waals surface area (Å²) in [4.78, 5) is 0. The van der Waals surface area contributed by atoms with E-state index in [2.05, 4.69) is 39.3 Å². The third kappa shape index (κ3) is 2.58. The van der Waals surface area contributed by atoms with Gasteiger partial charge in [0.1, 0.15) is 5.75 Å². The Morgan fingerprint density at radius 2 is 2.38 bits per heavy atom. The third-order valence-corrected chi connectivity index (χ3v) is 3.04. The van der Waals surface area contributed by atoms with Crippen LogP contribution in [0, 0.1) is 12.3 Å². The Bertz CT molecular complexity index is 423. The lowest BCUT2D eigenvalue weighted by Gasteiger charge is -2.09. The van der Waals surface area contributed by atoms with Crippen molar-refractivity contribution in [2.45, 2.75) is 19.4 Å². The highest BCUT2D eigenvalue weighted by Crippen LogP contribution is 2.32. The van der Waals surface area contributed by atoms with E-state index in [-0.39, 0.29) is 0 Å². The number of halogens is 1. The number of nitrogens with one attached hydrogen (secondary N) is 1. The summed E-state index contributed by atoms with van der Waals surface area (Å²) < 4.78 is 6.76. The number of hydrogen-bond acceptors (Lipinski definition) is 2. The maximum absolute atomic E-state index is 5.64. The van der Waals surface area contributed by atoms with Crippen molar-refractivity contribution in [1.29, 1.82) is 0 Å². The number of benzene rings is 1. The molecule has 0 bridgehead atoms. The van der Waals surface area contributed by atoms with Gasteiger partial charge in [0.2, 0.25) is 0 Å². The molecule has 0 saturated carbocycles. The van der Waals surface area contributed by atoms with Crippen molar-refractivity contribution < 1.29 is 4.74 Å². The summed E-state index contributed by atoms with van der Waals surface area (Å²) >= 11 is 3.52. The van der Waals surface area contributed by atoms with Crippen LogP contribution in [0.4, 0.5) is 0 Å². The molecule has 16 heavy (non-hydrogen) atoms. The molecule has 0 saturated heterocycles. The second-order valence-electron chi connectivity index (χ2n) is 3.78. The molecule has 0 spiro atoms. The monoisotopic (exact) mass is 279 g/mol. The molecule has 0 aromatic heterocycles. The predicted octanol–water partition coefficient (Wildman–Crippen LogP) is 2.50. The SMILES string of the molecule is C#CCCNCc1cc(Br)cc2c1OCC2. The minimum Gasteiger partial charge on any atom is -0.493 e. The highest BCUT2D eigenvalue weighted by atomic mass is 79.9. The van der Waals surface area contributed by atoms with Crippen LogP contribution in [-0.4, -0.2) is 13.2 Å². The molecule has 3 heteroatoms. The number of rotatable bonds is 4. The van der Waals surface area contributed by atoms with Crippen LogP contribution in [0.5, 0.6) is 5.75 Å². The fourth-order valence-corrected chi connectivity index (χ4v) is 2.41. The van der Waals surface area contributed by atoms with Crippen LogP contribution < -0.4 is 10.1 Å². The van der Waals surface area contributed by atoms with Gasteiger partial charge >= 0.3 is 0 Å². The minimum absolute atomic E-state index is 0.761. The first-order valence-electron chi connectivity index (χ1n) is 5.39. The third-order valence-electron chi connectivity index (χ3n) is 2.59. The van der Waals surface area contributed by atoms with Gasteiger partial charge in [-0.1, -0.05) is 15.9 Å². The average molecular weight is 280 g/mol. The van der Waals surface area contributed by atoms with Gasteiger partial charge in [-0.25, -0.2) is 0 Å². The van der Waals surface area contributed by atoms with Crippen molar-refractivity contribution in [3.8, 4) is 18.1 Å². The van der Waals surface area contributed by atoms with Crippen LogP contribution >= 0.6 is 15.9 Å². The molecule has 1 aliphatic rings. The molecule has 0 radical (unpaired) electrons. The molecule has 0 aliphatic carbocycles. The molecule has 2 nitrogen and oxygen atoms in total. The zero-order valence-corrected chi connectivity index (χ0v) is 10.6. The van der Waals surface area contributed by atoms with Crippen molar-refractivity contribution in [1.82, 2.24) is 5.32 Å². The largest absolute Gasteiger partial charge is 0.493 e. The summed E-state index contributed by atoms with van der Waals surface area (Å²) in [5.74, 6) is 3.67. The van der Waals surface area contributed by atoms with Crippen LogP contribution in [0.25, 0.3) is 0 Å². The van der Waals surface area contributed by atoms with E-state index in [1.54, 1.807) is 0 Å². The zero-order chi connectivity index (χ0) is 11.4. The number of hydrogen-bond donors (Lipinski definition) is 1. The first-order chi connectivity index (χ1) is 7.81. The Morgan fingerprint density at radius 3 is 3.19 bits per heavy atom. The molecule has 2 rings (SSSR count). The Kier molecular flexibility index (Phi) is 3.87. The van der Waals surface area contributed by atoms with Gasteiger partial charge < -0.3 is 10.1 Å². The Labute approximate surface area is 105 Å².